The fraction of sp³-hybridized carbons (Fsp3) is 0.308. The van der Waals surface area contributed by atoms with Crippen molar-refractivity contribution in [3.8, 4) is 11.5 Å². The lowest BCUT2D eigenvalue weighted by Gasteiger charge is -1.94. The van der Waals surface area contributed by atoms with E-state index < -0.39 is 0 Å². The number of hydrogen-bond donors (Lipinski definition) is 0. The van der Waals surface area contributed by atoms with Crippen LogP contribution in [0.1, 0.15) is 31.9 Å². The molecular formula is C13H15O2. The lowest BCUT2D eigenvalue weighted by Crippen LogP contribution is -1.77. The number of hydrogen-bond acceptors (Lipinski definition) is 2. The Morgan fingerprint density at radius 3 is 2.87 bits per heavy atom. The van der Waals surface area contributed by atoms with Crippen LogP contribution in [0.4, 0.5) is 0 Å². The summed E-state index contributed by atoms with van der Waals surface area (Å²) in [6.07, 6.45) is 7.26. The summed E-state index contributed by atoms with van der Waals surface area (Å²) in [6, 6.07) is 7.68. The van der Waals surface area contributed by atoms with Crippen molar-refractivity contribution in [1.29, 1.82) is 0 Å². The maximum absolute atomic E-state index is 5.63. The number of rotatable bonds is 5. The molecule has 2 aromatic heterocycles. The summed E-state index contributed by atoms with van der Waals surface area (Å²) in [7, 11) is 0. The summed E-state index contributed by atoms with van der Waals surface area (Å²) >= 11 is 0. The quantitative estimate of drug-likeness (QED) is 0.678. The van der Waals surface area contributed by atoms with Gasteiger partial charge in [0.1, 0.15) is 5.76 Å². The molecule has 0 aliphatic heterocycles. The highest BCUT2D eigenvalue weighted by molar-refractivity contribution is 5.50. The lowest BCUT2D eigenvalue weighted by atomic mass is 10.2. The van der Waals surface area contributed by atoms with E-state index in [2.05, 4.69) is 13.3 Å². The van der Waals surface area contributed by atoms with Gasteiger partial charge in [0.15, 0.2) is 11.5 Å². The highest BCUT2D eigenvalue weighted by Gasteiger charge is 2.06. The van der Waals surface area contributed by atoms with Gasteiger partial charge in [0.25, 0.3) is 0 Å². The molecule has 2 heteroatoms. The van der Waals surface area contributed by atoms with Gasteiger partial charge in [-0.1, -0.05) is 19.8 Å². The van der Waals surface area contributed by atoms with E-state index in [1.165, 1.54) is 12.8 Å². The minimum Gasteiger partial charge on any atom is -0.461 e. The summed E-state index contributed by atoms with van der Waals surface area (Å²) in [5.41, 5.74) is 0. The van der Waals surface area contributed by atoms with Crippen LogP contribution in [0.5, 0.6) is 0 Å². The summed E-state index contributed by atoms with van der Waals surface area (Å²) in [5.74, 6) is 2.50. The van der Waals surface area contributed by atoms with Crippen molar-refractivity contribution in [2.45, 2.75) is 26.2 Å². The van der Waals surface area contributed by atoms with E-state index in [1.807, 2.05) is 24.3 Å². The largest absolute Gasteiger partial charge is 0.461 e. The molecule has 0 atom stereocenters. The first kappa shape index (κ1) is 10.1. The third-order valence-corrected chi connectivity index (χ3v) is 2.29. The Bertz CT molecular complexity index is 384. The molecule has 0 aliphatic carbocycles. The maximum atomic E-state index is 5.63. The smallest absolute Gasteiger partial charge is 0.169 e. The fourth-order valence-electron chi connectivity index (χ4n) is 1.46. The molecule has 2 heterocycles. The molecule has 15 heavy (non-hydrogen) atoms. The van der Waals surface area contributed by atoms with Gasteiger partial charge in [-0.25, -0.2) is 0 Å². The van der Waals surface area contributed by atoms with Crippen LogP contribution in [0.15, 0.2) is 39.4 Å². The molecule has 2 nitrogen and oxygen atoms in total. The molecule has 1 radical (unpaired) electrons. The maximum Gasteiger partial charge on any atom is 0.169 e. The molecule has 0 bridgehead atoms. The summed E-state index contributed by atoms with van der Waals surface area (Å²) in [6.45, 7) is 2.18. The molecule has 79 valence electrons. The molecule has 0 fully saturated rings. The first-order chi connectivity index (χ1) is 7.40. The van der Waals surface area contributed by atoms with Crippen molar-refractivity contribution in [3.05, 3.63) is 42.7 Å². The second-order valence-corrected chi connectivity index (χ2v) is 3.53. The molecule has 0 amide bonds. The van der Waals surface area contributed by atoms with E-state index in [-0.39, 0.29) is 0 Å². The van der Waals surface area contributed by atoms with Gasteiger partial charge in [0.2, 0.25) is 0 Å². The van der Waals surface area contributed by atoms with Gasteiger partial charge < -0.3 is 8.83 Å². The average molecular weight is 203 g/mol. The van der Waals surface area contributed by atoms with Crippen molar-refractivity contribution in [1.82, 2.24) is 0 Å². The fourth-order valence-corrected chi connectivity index (χ4v) is 1.46. The van der Waals surface area contributed by atoms with Gasteiger partial charge in [-0.05, 0) is 30.7 Å². The van der Waals surface area contributed by atoms with Gasteiger partial charge in [-0.2, -0.15) is 0 Å². The van der Waals surface area contributed by atoms with Crippen LogP contribution in [0, 0.1) is 6.42 Å². The average Bonchev–Trinajstić information content (AvgIpc) is 2.87. The van der Waals surface area contributed by atoms with Crippen LogP contribution in [0.25, 0.3) is 11.5 Å². The predicted molar refractivity (Wildman–Crippen MR) is 59.3 cm³/mol. The molecule has 0 aromatic carbocycles. The van der Waals surface area contributed by atoms with Crippen molar-refractivity contribution >= 4 is 0 Å². The monoisotopic (exact) mass is 203 g/mol. The standard InChI is InChI=1S/C13H15O2/c1-2-3-4-6-11-8-9-13(15-11)12-7-5-10-14-12/h5-10H,2-4H2,1H3. The third kappa shape index (κ3) is 2.52. The summed E-state index contributed by atoms with van der Waals surface area (Å²) in [5, 5.41) is 0. The van der Waals surface area contributed by atoms with Gasteiger partial charge in [0, 0.05) is 6.42 Å². The van der Waals surface area contributed by atoms with Gasteiger partial charge in [0.05, 0.1) is 6.26 Å². The molecule has 0 unspecified atom stereocenters. The lowest BCUT2D eigenvalue weighted by molar-refractivity contribution is 0.507. The number of unbranched alkanes of at least 4 members (excludes halogenated alkanes) is 2. The summed E-state index contributed by atoms with van der Waals surface area (Å²) < 4.78 is 10.9. The van der Waals surface area contributed by atoms with Crippen LogP contribution < -0.4 is 0 Å². The van der Waals surface area contributed by atoms with E-state index in [1.54, 1.807) is 6.26 Å². The number of furan rings is 2. The Labute approximate surface area is 89.9 Å². The third-order valence-electron chi connectivity index (χ3n) is 2.29. The van der Waals surface area contributed by atoms with Gasteiger partial charge in [-0.3, -0.25) is 0 Å². The molecule has 0 aliphatic rings. The van der Waals surface area contributed by atoms with Crippen LogP contribution in [0.3, 0.4) is 0 Å². The zero-order valence-corrected chi connectivity index (χ0v) is 8.90. The molecule has 2 aromatic rings. The Kier molecular flexibility index (Phi) is 3.28. The first-order valence-electron chi connectivity index (χ1n) is 5.37. The predicted octanol–water partition coefficient (Wildman–Crippen LogP) is 4.28. The minimum atomic E-state index is 0.783. The zero-order chi connectivity index (χ0) is 10.5. The van der Waals surface area contributed by atoms with Crippen LogP contribution >= 0.6 is 0 Å². The van der Waals surface area contributed by atoms with Crippen molar-refractivity contribution in [2.75, 3.05) is 0 Å². The van der Waals surface area contributed by atoms with E-state index in [9.17, 15) is 0 Å². The Morgan fingerprint density at radius 2 is 2.13 bits per heavy atom. The van der Waals surface area contributed by atoms with E-state index >= 15 is 0 Å². The molecule has 2 rings (SSSR count). The van der Waals surface area contributed by atoms with E-state index in [0.29, 0.717) is 0 Å². The van der Waals surface area contributed by atoms with Crippen molar-refractivity contribution in [3.63, 3.8) is 0 Å². The Hall–Kier alpha value is -1.44. The van der Waals surface area contributed by atoms with Gasteiger partial charge in [-0.15, -0.1) is 0 Å². The topological polar surface area (TPSA) is 26.3 Å². The van der Waals surface area contributed by atoms with Gasteiger partial charge >= 0.3 is 0 Å². The molecule has 0 spiro atoms. The first-order valence-corrected chi connectivity index (χ1v) is 5.37. The zero-order valence-electron chi connectivity index (χ0n) is 8.90. The van der Waals surface area contributed by atoms with E-state index in [4.69, 9.17) is 8.83 Å². The van der Waals surface area contributed by atoms with Crippen molar-refractivity contribution < 1.29 is 8.83 Å². The molecule has 0 saturated heterocycles. The normalized spacial score (nSPS) is 10.7. The van der Waals surface area contributed by atoms with E-state index in [0.717, 1.165) is 23.7 Å². The van der Waals surface area contributed by atoms with Crippen LogP contribution in [-0.2, 0) is 0 Å². The second kappa shape index (κ2) is 4.87. The summed E-state index contributed by atoms with van der Waals surface area (Å²) in [4.78, 5) is 0. The highest BCUT2D eigenvalue weighted by atomic mass is 16.4. The Morgan fingerprint density at radius 1 is 1.20 bits per heavy atom. The molecule has 0 N–H and O–H groups in total. The minimum absolute atomic E-state index is 0.783. The van der Waals surface area contributed by atoms with Crippen LogP contribution in [-0.4, -0.2) is 0 Å². The second-order valence-electron chi connectivity index (χ2n) is 3.53. The Balaban J connectivity index is 1.98. The van der Waals surface area contributed by atoms with Crippen LogP contribution in [0.2, 0.25) is 0 Å². The SMILES string of the molecule is CCCC[CH]c1ccc(-c2ccco2)o1. The molecule has 0 saturated carbocycles. The van der Waals surface area contributed by atoms with Crippen molar-refractivity contribution in [2.24, 2.45) is 0 Å². The highest BCUT2D eigenvalue weighted by Crippen LogP contribution is 2.23. The molecular weight excluding hydrogens is 188 g/mol.